The Morgan fingerprint density at radius 2 is 2.32 bits per heavy atom. The number of rotatable bonds is 7. The van der Waals surface area contributed by atoms with Crippen molar-refractivity contribution in [2.24, 2.45) is 0 Å². The number of aryl methyl sites for hydroxylation is 1. The van der Waals surface area contributed by atoms with Crippen molar-refractivity contribution in [2.75, 3.05) is 6.54 Å². The van der Waals surface area contributed by atoms with Gasteiger partial charge in [0.05, 0.1) is 22.4 Å². The third kappa shape index (κ3) is 3.68. The Morgan fingerprint density at radius 1 is 1.47 bits per heavy atom. The molecule has 0 bridgehead atoms. The molecule has 1 N–H and O–H groups in total. The van der Waals surface area contributed by atoms with Crippen LogP contribution < -0.4 is 5.32 Å². The fourth-order valence-electron chi connectivity index (χ4n) is 2.25. The molecule has 0 aliphatic rings. The average molecular weight is 342 g/mol. The highest BCUT2D eigenvalue weighted by Gasteiger charge is 2.19. The van der Waals surface area contributed by atoms with Gasteiger partial charge >= 0.3 is 0 Å². The van der Waals surface area contributed by atoms with Crippen LogP contribution in [0, 0.1) is 0 Å². The van der Waals surface area contributed by atoms with E-state index in [4.69, 9.17) is 0 Å². The summed E-state index contributed by atoms with van der Waals surface area (Å²) in [6, 6.07) is 4.62. The minimum Gasteiger partial charge on any atom is -0.309 e. The number of nitrogens with zero attached hydrogens (tertiary/aromatic N) is 2. The van der Waals surface area contributed by atoms with Crippen LogP contribution in [-0.4, -0.2) is 16.3 Å². The molecule has 0 fully saturated rings. The number of aromatic nitrogens is 2. The number of halogens is 1. The summed E-state index contributed by atoms with van der Waals surface area (Å²) in [6.45, 7) is 6.25. The summed E-state index contributed by atoms with van der Waals surface area (Å²) in [4.78, 5) is 1.40. The van der Waals surface area contributed by atoms with Gasteiger partial charge in [-0.25, -0.2) is 0 Å². The predicted molar refractivity (Wildman–Crippen MR) is 84.7 cm³/mol. The molecule has 0 saturated heterocycles. The summed E-state index contributed by atoms with van der Waals surface area (Å²) in [7, 11) is 0. The van der Waals surface area contributed by atoms with Crippen LogP contribution in [0.15, 0.2) is 28.2 Å². The quantitative estimate of drug-likeness (QED) is 0.824. The van der Waals surface area contributed by atoms with Crippen LogP contribution in [0.3, 0.4) is 0 Å². The highest BCUT2D eigenvalue weighted by Crippen LogP contribution is 2.27. The minimum absolute atomic E-state index is 0.312. The van der Waals surface area contributed by atoms with E-state index >= 15 is 0 Å². The van der Waals surface area contributed by atoms with Gasteiger partial charge < -0.3 is 5.32 Å². The lowest BCUT2D eigenvalue weighted by Gasteiger charge is -2.19. The van der Waals surface area contributed by atoms with E-state index in [9.17, 15) is 0 Å². The molecule has 2 rings (SSSR count). The SMILES string of the molecule is CCCn1ncc(Br)c1C(Cc1cccs1)NCC. The second kappa shape index (κ2) is 7.22. The molecule has 2 aromatic heterocycles. The second-order valence-corrected chi connectivity index (χ2v) is 6.38. The van der Waals surface area contributed by atoms with Crippen LogP contribution in [0.2, 0.25) is 0 Å². The first-order valence-corrected chi connectivity index (χ1v) is 8.40. The molecule has 1 unspecified atom stereocenters. The highest BCUT2D eigenvalue weighted by molar-refractivity contribution is 9.10. The van der Waals surface area contributed by atoms with Gasteiger partial charge in [0.2, 0.25) is 0 Å². The number of hydrogen-bond donors (Lipinski definition) is 1. The van der Waals surface area contributed by atoms with Gasteiger partial charge in [-0.3, -0.25) is 4.68 Å². The Balaban J connectivity index is 2.24. The molecular formula is C14H20BrN3S. The largest absolute Gasteiger partial charge is 0.309 e. The van der Waals surface area contributed by atoms with Crippen molar-refractivity contribution < 1.29 is 0 Å². The van der Waals surface area contributed by atoms with Crippen molar-refractivity contribution in [1.82, 2.24) is 15.1 Å². The molecule has 2 heterocycles. The Bertz CT molecular complexity index is 493. The second-order valence-electron chi connectivity index (χ2n) is 4.49. The van der Waals surface area contributed by atoms with Gasteiger partial charge in [0, 0.05) is 17.8 Å². The maximum absolute atomic E-state index is 4.47. The smallest absolute Gasteiger partial charge is 0.0699 e. The lowest BCUT2D eigenvalue weighted by atomic mass is 10.1. The summed E-state index contributed by atoms with van der Waals surface area (Å²) in [5.41, 5.74) is 1.26. The van der Waals surface area contributed by atoms with E-state index in [1.54, 1.807) is 0 Å². The molecule has 0 aliphatic heterocycles. The van der Waals surface area contributed by atoms with Crippen LogP contribution in [0.25, 0.3) is 0 Å². The maximum Gasteiger partial charge on any atom is 0.0699 e. The molecule has 0 aliphatic carbocycles. The van der Waals surface area contributed by atoms with Crippen LogP contribution in [-0.2, 0) is 13.0 Å². The Labute approximate surface area is 127 Å². The molecule has 5 heteroatoms. The van der Waals surface area contributed by atoms with Crippen molar-refractivity contribution in [2.45, 2.75) is 39.3 Å². The van der Waals surface area contributed by atoms with Gasteiger partial charge in [-0.05, 0) is 40.3 Å². The lowest BCUT2D eigenvalue weighted by molar-refractivity contribution is 0.478. The zero-order chi connectivity index (χ0) is 13.7. The van der Waals surface area contributed by atoms with E-state index in [-0.39, 0.29) is 0 Å². The molecule has 0 spiro atoms. The normalized spacial score (nSPS) is 12.8. The number of hydrogen-bond acceptors (Lipinski definition) is 3. The van der Waals surface area contributed by atoms with Gasteiger partial charge in [0.25, 0.3) is 0 Å². The molecule has 0 amide bonds. The molecule has 104 valence electrons. The number of likely N-dealkylation sites (N-methyl/N-ethyl adjacent to an activating group) is 1. The third-order valence-corrected chi connectivity index (χ3v) is 4.54. The standard InChI is InChI=1S/C14H20BrN3S/c1-3-7-18-14(12(15)10-17-18)13(16-4-2)9-11-6-5-8-19-11/h5-6,8,10,13,16H,3-4,7,9H2,1-2H3. The first-order chi connectivity index (χ1) is 9.26. The first kappa shape index (κ1) is 14.8. The van der Waals surface area contributed by atoms with Crippen molar-refractivity contribution in [1.29, 1.82) is 0 Å². The van der Waals surface area contributed by atoms with Crippen molar-refractivity contribution >= 4 is 27.3 Å². The average Bonchev–Trinajstić information content (AvgIpc) is 3.00. The van der Waals surface area contributed by atoms with Crippen LogP contribution in [0.5, 0.6) is 0 Å². The Kier molecular flexibility index (Phi) is 5.60. The van der Waals surface area contributed by atoms with Gasteiger partial charge in [-0.15, -0.1) is 11.3 Å². The highest BCUT2D eigenvalue weighted by atomic mass is 79.9. The summed E-state index contributed by atoms with van der Waals surface area (Å²) in [6.07, 6.45) is 4.02. The zero-order valence-electron chi connectivity index (χ0n) is 11.4. The molecule has 1 atom stereocenters. The first-order valence-electron chi connectivity index (χ1n) is 6.73. The van der Waals surface area contributed by atoms with E-state index in [0.717, 1.165) is 30.4 Å². The van der Waals surface area contributed by atoms with Crippen LogP contribution in [0.1, 0.15) is 36.9 Å². The fourth-order valence-corrected chi connectivity index (χ4v) is 3.57. The Morgan fingerprint density at radius 3 is 2.95 bits per heavy atom. The summed E-state index contributed by atoms with van der Waals surface area (Å²) >= 11 is 5.46. The lowest BCUT2D eigenvalue weighted by Crippen LogP contribution is -2.26. The molecule has 0 saturated carbocycles. The predicted octanol–water partition coefficient (Wildman–Crippen LogP) is 4.01. The maximum atomic E-state index is 4.47. The van der Waals surface area contributed by atoms with Crippen LogP contribution >= 0.6 is 27.3 Å². The Hall–Kier alpha value is -0.650. The number of nitrogens with one attached hydrogen (secondary N) is 1. The van der Waals surface area contributed by atoms with Gasteiger partial charge in [0.15, 0.2) is 0 Å². The van der Waals surface area contributed by atoms with Crippen molar-refractivity contribution in [3.8, 4) is 0 Å². The monoisotopic (exact) mass is 341 g/mol. The number of thiophene rings is 1. The summed E-state index contributed by atoms with van der Waals surface area (Å²) in [5.74, 6) is 0. The van der Waals surface area contributed by atoms with Crippen LogP contribution in [0.4, 0.5) is 0 Å². The summed E-state index contributed by atoms with van der Waals surface area (Å²) in [5, 5.41) is 10.2. The summed E-state index contributed by atoms with van der Waals surface area (Å²) < 4.78 is 3.22. The third-order valence-electron chi connectivity index (χ3n) is 3.03. The molecule has 3 nitrogen and oxygen atoms in total. The van der Waals surface area contributed by atoms with E-state index in [1.807, 2.05) is 17.5 Å². The topological polar surface area (TPSA) is 29.9 Å². The molecule has 0 aromatic carbocycles. The zero-order valence-corrected chi connectivity index (χ0v) is 13.8. The molecule has 19 heavy (non-hydrogen) atoms. The fraction of sp³-hybridized carbons (Fsp3) is 0.500. The molecule has 0 radical (unpaired) electrons. The molecular weight excluding hydrogens is 322 g/mol. The van der Waals surface area contributed by atoms with E-state index in [0.29, 0.717) is 6.04 Å². The van der Waals surface area contributed by atoms with E-state index < -0.39 is 0 Å². The van der Waals surface area contributed by atoms with Gasteiger partial charge in [-0.2, -0.15) is 5.10 Å². The van der Waals surface area contributed by atoms with Gasteiger partial charge in [-0.1, -0.05) is 19.9 Å². The van der Waals surface area contributed by atoms with E-state index in [1.165, 1.54) is 10.6 Å². The van der Waals surface area contributed by atoms with Gasteiger partial charge in [0.1, 0.15) is 0 Å². The minimum atomic E-state index is 0.312. The molecule has 2 aromatic rings. The van der Waals surface area contributed by atoms with Crippen molar-refractivity contribution in [3.63, 3.8) is 0 Å². The van der Waals surface area contributed by atoms with E-state index in [2.05, 4.69) is 62.4 Å². The van der Waals surface area contributed by atoms with Crippen molar-refractivity contribution in [3.05, 3.63) is 38.8 Å².